The van der Waals surface area contributed by atoms with Crippen LogP contribution in [-0.2, 0) is 4.57 Å². The fourth-order valence-electron chi connectivity index (χ4n) is 1.15. The number of aromatic nitrogens is 3. The Bertz CT molecular complexity index is 557. The van der Waals surface area contributed by atoms with Gasteiger partial charge in [0, 0.05) is 12.0 Å². The molecule has 15 heavy (non-hydrogen) atoms. The Hall–Kier alpha value is -1.49. The third kappa shape index (κ3) is 2.30. The standard InChI is InChI=1S/C8H8N3O3P/c12-15(13,14)6-5-11-8-4-2-1-3-7(8)9-10-11/h1-6H,(H2,12,13,14)/b6-5+. The molecule has 2 N–H and O–H groups in total. The Kier molecular flexibility index (Phi) is 2.40. The minimum atomic E-state index is -4.15. The van der Waals surface area contributed by atoms with Crippen LogP contribution in [0.3, 0.4) is 0 Å². The summed E-state index contributed by atoms with van der Waals surface area (Å²) < 4.78 is 11.9. The van der Waals surface area contributed by atoms with E-state index < -0.39 is 7.60 Å². The molecule has 0 saturated heterocycles. The number of fused-ring (bicyclic) bond motifs is 1. The fourth-order valence-corrected chi connectivity index (χ4v) is 1.45. The van der Waals surface area contributed by atoms with Crippen molar-refractivity contribution in [2.24, 2.45) is 0 Å². The average Bonchev–Trinajstić information content (AvgIpc) is 2.57. The minimum Gasteiger partial charge on any atom is -0.321 e. The van der Waals surface area contributed by atoms with Crippen molar-refractivity contribution < 1.29 is 14.4 Å². The summed E-state index contributed by atoms with van der Waals surface area (Å²) in [6, 6.07) is 7.14. The lowest BCUT2D eigenvalue weighted by molar-refractivity contribution is 0.386. The van der Waals surface area contributed by atoms with Crippen molar-refractivity contribution in [1.29, 1.82) is 0 Å². The molecule has 0 aliphatic rings. The lowest BCUT2D eigenvalue weighted by Gasteiger charge is -1.95. The number of hydrogen-bond acceptors (Lipinski definition) is 3. The third-order valence-corrected chi connectivity index (χ3v) is 2.30. The Balaban J connectivity index is 2.45. The van der Waals surface area contributed by atoms with Crippen molar-refractivity contribution in [3.63, 3.8) is 0 Å². The van der Waals surface area contributed by atoms with Crippen LogP contribution in [0.5, 0.6) is 0 Å². The third-order valence-electron chi connectivity index (χ3n) is 1.78. The Morgan fingerprint density at radius 3 is 2.80 bits per heavy atom. The van der Waals surface area contributed by atoms with Crippen molar-refractivity contribution in [2.45, 2.75) is 0 Å². The molecule has 2 rings (SSSR count). The van der Waals surface area contributed by atoms with E-state index in [1.54, 1.807) is 18.2 Å². The van der Waals surface area contributed by atoms with Crippen molar-refractivity contribution in [1.82, 2.24) is 15.0 Å². The van der Waals surface area contributed by atoms with Gasteiger partial charge in [-0.3, -0.25) is 4.57 Å². The minimum absolute atomic E-state index is 0.674. The first-order valence-corrected chi connectivity index (χ1v) is 5.79. The predicted octanol–water partition coefficient (Wildman–Crippen LogP) is 1.04. The molecule has 0 radical (unpaired) electrons. The van der Waals surface area contributed by atoms with E-state index in [1.807, 2.05) is 6.07 Å². The molecule has 2 aromatic rings. The molecule has 7 heteroatoms. The molecule has 0 spiro atoms. The maximum Gasteiger partial charge on any atom is 0.350 e. The van der Waals surface area contributed by atoms with Crippen molar-refractivity contribution in [3.8, 4) is 0 Å². The molecule has 0 saturated carbocycles. The van der Waals surface area contributed by atoms with Crippen LogP contribution in [-0.4, -0.2) is 24.8 Å². The summed E-state index contributed by atoms with van der Waals surface area (Å²) >= 11 is 0. The highest BCUT2D eigenvalue weighted by Crippen LogP contribution is 2.36. The Labute approximate surface area is 85.0 Å². The molecule has 1 heterocycles. The van der Waals surface area contributed by atoms with E-state index in [1.165, 1.54) is 10.9 Å². The lowest BCUT2D eigenvalue weighted by Crippen LogP contribution is -1.88. The van der Waals surface area contributed by atoms with Gasteiger partial charge in [-0.25, -0.2) is 4.68 Å². The highest BCUT2D eigenvalue weighted by atomic mass is 31.2. The average molecular weight is 225 g/mol. The van der Waals surface area contributed by atoms with E-state index in [2.05, 4.69) is 10.3 Å². The van der Waals surface area contributed by atoms with Crippen LogP contribution in [0.15, 0.2) is 30.1 Å². The molecule has 0 fully saturated rings. The van der Waals surface area contributed by atoms with Crippen molar-refractivity contribution in [3.05, 3.63) is 30.1 Å². The summed E-state index contributed by atoms with van der Waals surface area (Å²) in [5.74, 6) is 0.786. The highest BCUT2D eigenvalue weighted by Gasteiger charge is 2.07. The molecule has 6 nitrogen and oxygen atoms in total. The van der Waals surface area contributed by atoms with Gasteiger partial charge in [0.1, 0.15) is 5.52 Å². The summed E-state index contributed by atoms with van der Waals surface area (Å²) in [6.07, 6.45) is 1.20. The second kappa shape index (κ2) is 3.58. The molecule has 0 bridgehead atoms. The maximum atomic E-state index is 10.6. The van der Waals surface area contributed by atoms with Gasteiger partial charge in [-0.1, -0.05) is 17.3 Å². The van der Waals surface area contributed by atoms with E-state index in [0.717, 1.165) is 5.82 Å². The van der Waals surface area contributed by atoms with Gasteiger partial charge in [0.2, 0.25) is 0 Å². The van der Waals surface area contributed by atoms with Crippen LogP contribution in [0, 0.1) is 0 Å². The predicted molar refractivity (Wildman–Crippen MR) is 54.9 cm³/mol. The normalized spacial score (nSPS) is 12.7. The quantitative estimate of drug-likeness (QED) is 0.745. The molecule has 0 unspecified atom stereocenters. The summed E-state index contributed by atoms with van der Waals surface area (Å²) in [4.78, 5) is 17.3. The topological polar surface area (TPSA) is 88.2 Å². The van der Waals surface area contributed by atoms with E-state index in [0.29, 0.717) is 11.0 Å². The second-order valence-corrected chi connectivity index (χ2v) is 4.39. The smallest absolute Gasteiger partial charge is 0.321 e. The SMILES string of the molecule is O=P(O)(O)/C=C/n1nnc2ccccc21. The maximum absolute atomic E-state index is 10.6. The summed E-state index contributed by atoms with van der Waals surface area (Å²) in [5.41, 5.74) is 1.37. The summed E-state index contributed by atoms with van der Waals surface area (Å²) in [7, 11) is -4.15. The molecule has 1 aromatic carbocycles. The van der Waals surface area contributed by atoms with Gasteiger partial charge in [0.25, 0.3) is 0 Å². The van der Waals surface area contributed by atoms with E-state index in [-0.39, 0.29) is 0 Å². The molecule has 0 aliphatic heterocycles. The zero-order chi connectivity index (χ0) is 10.9. The molecule has 78 valence electrons. The Morgan fingerprint density at radius 1 is 1.33 bits per heavy atom. The van der Waals surface area contributed by atoms with Crippen LogP contribution in [0.4, 0.5) is 0 Å². The zero-order valence-corrected chi connectivity index (χ0v) is 8.45. The zero-order valence-electron chi connectivity index (χ0n) is 7.56. The van der Waals surface area contributed by atoms with Gasteiger partial charge in [0.15, 0.2) is 0 Å². The van der Waals surface area contributed by atoms with E-state index in [9.17, 15) is 4.57 Å². The monoisotopic (exact) mass is 225 g/mol. The first kappa shape index (κ1) is 10.0. The molecule has 1 aromatic heterocycles. The van der Waals surface area contributed by atoms with E-state index >= 15 is 0 Å². The first-order valence-electron chi connectivity index (χ1n) is 4.11. The van der Waals surface area contributed by atoms with Crippen LogP contribution >= 0.6 is 7.60 Å². The van der Waals surface area contributed by atoms with Gasteiger partial charge in [-0.05, 0) is 12.1 Å². The van der Waals surface area contributed by atoms with Crippen LogP contribution in [0.25, 0.3) is 17.2 Å². The summed E-state index contributed by atoms with van der Waals surface area (Å²) in [5, 5.41) is 7.56. The Morgan fingerprint density at radius 2 is 2.07 bits per heavy atom. The highest BCUT2D eigenvalue weighted by molar-refractivity contribution is 7.55. The lowest BCUT2D eigenvalue weighted by atomic mass is 10.3. The summed E-state index contributed by atoms with van der Waals surface area (Å²) in [6.45, 7) is 0. The van der Waals surface area contributed by atoms with Crippen LogP contribution in [0.1, 0.15) is 0 Å². The number of rotatable bonds is 2. The van der Waals surface area contributed by atoms with Crippen molar-refractivity contribution in [2.75, 3.05) is 0 Å². The molecular weight excluding hydrogens is 217 g/mol. The van der Waals surface area contributed by atoms with Crippen LogP contribution in [0.2, 0.25) is 0 Å². The first-order chi connectivity index (χ1) is 7.06. The van der Waals surface area contributed by atoms with Gasteiger partial charge >= 0.3 is 7.60 Å². The number of benzene rings is 1. The molecule has 0 atom stereocenters. The van der Waals surface area contributed by atoms with Gasteiger partial charge in [-0.15, -0.1) is 5.10 Å². The molecule has 0 aliphatic carbocycles. The fraction of sp³-hybridized carbons (Fsp3) is 0. The largest absolute Gasteiger partial charge is 0.350 e. The van der Waals surface area contributed by atoms with Crippen LogP contribution < -0.4 is 0 Å². The van der Waals surface area contributed by atoms with Crippen molar-refractivity contribution >= 4 is 24.8 Å². The van der Waals surface area contributed by atoms with Gasteiger partial charge < -0.3 is 9.79 Å². The van der Waals surface area contributed by atoms with Gasteiger partial charge in [-0.2, -0.15) is 0 Å². The number of para-hydroxylation sites is 1. The number of nitrogens with zero attached hydrogens (tertiary/aromatic N) is 3. The van der Waals surface area contributed by atoms with Gasteiger partial charge in [0.05, 0.1) is 5.52 Å². The second-order valence-electron chi connectivity index (χ2n) is 2.91. The number of hydrogen-bond donors (Lipinski definition) is 2. The molecule has 0 amide bonds. The van der Waals surface area contributed by atoms with E-state index in [4.69, 9.17) is 9.79 Å². The molecular formula is C8H8N3O3P.